The number of benzene rings is 2. The van der Waals surface area contributed by atoms with Crippen molar-refractivity contribution in [3.8, 4) is 11.5 Å². The molecule has 0 N–H and O–H groups in total. The lowest BCUT2D eigenvalue weighted by Crippen LogP contribution is -2.04. The SMILES string of the molecule is CCOc1cc(C=C2N=C(C)OC2=O)cc(Cl)c1OCCc1ccccc1. The Labute approximate surface area is 163 Å². The highest BCUT2D eigenvalue weighted by atomic mass is 35.5. The molecule has 6 heteroatoms. The van der Waals surface area contributed by atoms with E-state index in [1.54, 1.807) is 25.1 Å². The van der Waals surface area contributed by atoms with Gasteiger partial charge in [-0.05, 0) is 36.3 Å². The number of aliphatic imine (C=N–C) groups is 1. The van der Waals surface area contributed by atoms with E-state index in [-0.39, 0.29) is 5.70 Å². The van der Waals surface area contributed by atoms with E-state index in [2.05, 4.69) is 4.99 Å². The Hall–Kier alpha value is -2.79. The Morgan fingerprint density at radius 2 is 1.96 bits per heavy atom. The van der Waals surface area contributed by atoms with E-state index in [4.69, 9.17) is 25.8 Å². The molecule has 140 valence electrons. The number of nitrogens with zero attached hydrogens (tertiary/aromatic N) is 1. The predicted octanol–water partition coefficient (Wildman–Crippen LogP) is 4.68. The smallest absolute Gasteiger partial charge is 0.363 e. The molecular weight excluding hydrogens is 366 g/mol. The monoisotopic (exact) mass is 385 g/mol. The molecule has 0 unspecified atom stereocenters. The number of rotatable bonds is 7. The van der Waals surface area contributed by atoms with E-state index in [1.807, 2.05) is 37.3 Å². The summed E-state index contributed by atoms with van der Waals surface area (Å²) < 4.78 is 16.5. The summed E-state index contributed by atoms with van der Waals surface area (Å²) in [4.78, 5) is 15.8. The quantitative estimate of drug-likeness (QED) is 0.513. The van der Waals surface area contributed by atoms with Crippen LogP contribution in [0.4, 0.5) is 0 Å². The van der Waals surface area contributed by atoms with Crippen LogP contribution >= 0.6 is 11.6 Å². The molecule has 0 fully saturated rings. The second kappa shape index (κ2) is 8.73. The first-order chi connectivity index (χ1) is 13.1. The summed E-state index contributed by atoms with van der Waals surface area (Å²) >= 11 is 6.42. The molecule has 1 aliphatic rings. The van der Waals surface area contributed by atoms with Crippen molar-refractivity contribution in [2.45, 2.75) is 20.3 Å². The van der Waals surface area contributed by atoms with Gasteiger partial charge in [0.2, 0.25) is 0 Å². The van der Waals surface area contributed by atoms with Gasteiger partial charge >= 0.3 is 5.97 Å². The Kier molecular flexibility index (Phi) is 6.14. The summed E-state index contributed by atoms with van der Waals surface area (Å²) in [6.45, 7) is 4.44. The van der Waals surface area contributed by atoms with E-state index in [9.17, 15) is 4.79 Å². The van der Waals surface area contributed by atoms with Crippen molar-refractivity contribution in [1.82, 2.24) is 0 Å². The molecule has 0 aromatic heterocycles. The summed E-state index contributed by atoms with van der Waals surface area (Å²) in [6.07, 6.45) is 2.37. The molecule has 0 saturated carbocycles. The normalized spacial score (nSPS) is 14.9. The molecule has 2 aromatic rings. The lowest BCUT2D eigenvalue weighted by atomic mass is 10.1. The highest BCUT2D eigenvalue weighted by Gasteiger charge is 2.20. The first-order valence-electron chi connectivity index (χ1n) is 8.69. The zero-order valence-corrected chi connectivity index (χ0v) is 16.0. The number of carbonyl (C=O) groups excluding carboxylic acids is 1. The van der Waals surface area contributed by atoms with Gasteiger partial charge in [-0.25, -0.2) is 9.79 Å². The Morgan fingerprint density at radius 1 is 1.19 bits per heavy atom. The van der Waals surface area contributed by atoms with Crippen LogP contribution in [-0.2, 0) is 16.0 Å². The van der Waals surface area contributed by atoms with Gasteiger partial charge in [-0.15, -0.1) is 0 Å². The molecule has 0 spiro atoms. The standard InChI is InChI=1S/C21H20ClNO4/c1-3-25-19-13-16(12-18-21(24)27-14(2)23-18)11-17(22)20(19)26-10-9-15-7-5-4-6-8-15/h4-8,11-13H,3,9-10H2,1-2H3. The second-order valence-corrected chi connectivity index (χ2v) is 6.30. The fraction of sp³-hybridized carbons (Fsp3) is 0.238. The predicted molar refractivity (Wildman–Crippen MR) is 105 cm³/mol. The van der Waals surface area contributed by atoms with Crippen LogP contribution in [0.25, 0.3) is 6.08 Å². The van der Waals surface area contributed by atoms with E-state index < -0.39 is 5.97 Å². The van der Waals surface area contributed by atoms with E-state index in [1.165, 1.54) is 5.56 Å². The summed E-state index contributed by atoms with van der Waals surface area (Å²) in [5, 5.41) is 0.410. The summed E-state index contributed by atoms with van der Waals surface area (Å²) in [5.41, 5.74) is 2.09. The molecule has 1 heterocycles. The Bertz CT molecular complexity index is 891. The van der Waals surface area contributed by atoms with E-state index >= 15 is 0 Å². The molecule has 0 saturated heterocycles. The molecule has 1 aliphatic heterocycles. The Morgan fingerprint density at radius 3 is 2.63 bits per heavy atom. The highest BCUT2D eigenvalue weighted by Crippen LogP contribution is 2.37. The highest BCUT2D eigenvalue weighted by molar-refractivity contribution is 6.32. The van der Waals surface area contributed by atoms with Crippen LogP contribution in [0.2, 0.25) is 5.02 Å². The molecule has 0 bridgehead atoms. The molecule has 0 amide bonds. The van der Waals surface area contributed by atoms with Crippen LogP contribution in [0, 0.1) is 0 Å². The topological polar surface area (TPSA) is 57.1 Å². The average molecular weight is 386 g/mol. The van der Waals surface area contributed by atoms with Gasteiger partial charge in [-0.1, -0.05) is 41.9 Å². The first kappa shape index (κ1) is 19.0. The van der Waals surface area contributed by atoms with E-state index in [0.29, 0.717) is 41.2 Å². The second-order valence-electron chi connectivity index (χ2n) is 5.90. The van der Waals surface area contributed by atoms with Crippen molar-refractivity contribution in [3.05, 3.63) is 64.3 Å². The van der Waals surface area contributed by atoms with Crippen LogP contribution in [0.3, 0.4) is 0 Å². The van der Waals surface area contributed by atoms with Gasteiger partial charge in [0.25, 0.3) is 0 Å². The lowest BCUT2D eigenvalue weighted by molar-refractivity contribution is -0.130. The van der Waals surface area contributed by atoms with Crippen molar-refractivity contribution in [2.24, 2.45) is 4.99 Å². The number of hydrogen-bond donors (Lipinski definition) is 0. The molecule has 0 aliphatic carbocycles. The number of cyclic esters (lactones) is 1. The van der Waals surface area contributed by atoms with Crippen LogP contribution < -0.4 is 9.47 Å². The van der Waals surface area contributed by atoms with Crippen molar-refractivity contribution in [3.63, 3.8) is 0 Å². The first-order valence-corrected chi connectivity index (χ1v) is 9.07. The number of halogens is 1. The largest absolute Gasteiger partial charge is 0.490 e. The van der Waals surface area contributed by atoms with Gasteiger partial charge in [0.15, 0.2) is 23.1 Å². The van der Waals surface area contributed by atoms with Gasteiger partial charge in [0.1, 0.15) is 0 Å². The molecule has 2 aromatic carbocycles. The van der Waals surface area contributed by atoms with Gasteiger partial charge in [0, 0.05) is 13.3 Å². The number of ether oxygens (including phenoxy) is 3. The third kappa shape index (κ3) is 4.89. The number of hydrogen-bond acceptors (Lipinski definition) is 5. The molecule has 0 radical (unpaired) electrons. The maximum atomic E-state index is 11.7. The molecular formula is C21H20ClNO4. The minimum atomic E-state index is -0.482. The van der Waals surface area contributed by atoms with Crippen LogP contribution in [0.5, 0.6) is 11.5 Å². The summed E-state index contributed by atoms with van der Waals surface area (Å²) in [7, 11) is 0. The third-order valence-electron chi connectivity index (χ3n) is 3.84. The Balaban J connectivity index is 1.80. The van der Waals surface area contributed by atoms with Crippen molar-refractivity contribution < 1.29 is 19.0 Å². The van der Waals surface area contributed by atoms with Crippen molar-refractivity contribution in [2.75, 3.05) is 13.2 Å². The summed E-state index contributed by atoms with van der Waals surface area (Å²) in [6, 6.07) is 13.6. The van der Waals surface area contributed by atoms with Crippen LogP contribution in [-0.4, -0.2) is 25.1 Å². The van der Waals surface area contributed by atoms with Gasteiger partial charge in [-0.3, -0.25) is 0 Å². The molecule has 5 nitrogen and oxygen atoms in total. The van der Waals surface area contributed by atoms with Gasteiger partial charge < -0.3 is 14.2 Å². The minimum Gasteiger partial charge on any atom is -0.490 e. The van der Waals surface area contributed by atoms with Crippen molar-refractivity contribution >= 4 is 29.5 Å². The van der Waals surface area contributed by atoms with E-state index in [0.717, 1.165) is 6.42 Å². The minimum absolute atomic E-state index is 0.226. The fourth-order valence-electron chi connectivity index (χ4n) is 2.66. The van der Waals surface area contributed by atoms with Gasteiger partial charge in [-0.2, -0.15) is 0 Å². The molecule has 3 rings (SSSR count). The third-order valence-corrected chi connectivity index (χ3v) is 4.12. The molecule has 0 atom stereocenters. The number of esters is 1. The number of carbonyl (C=O) groups is 1. The zero-order valence-electron chi connectivity index (χ0n) is 15.2. The maximum absolute atomic E-state index is 11.7. The van der Waals surface area contributed by atoms with Gasteiger partial charge in [0.05, 0.1) is 18.2 Å². The molecule has 27 heavy (non-hydrogen) atoms. The fourth-order valence-corrected chi connectivity index (χ4v) is 2.94. The van der Waals surface area contributed by atoms with Crippen LogP contribution in [0.15, 0.2) is 53.2 Å². The van der Waals surface area contributed by atoms with Crippen LogP contribution in [0.1, 0.15) is 25.0 Å². The zero-order chi connectivity index (χ0) is 19.2. The summed E-state index contributed by atoms with van der Waals surface area (Å²) in [5.74, 6) is 0.857. The van der Waals surface area contributed by atoms with Crippen molar-refractivity contribution in [1.29, 1.82) is 0 Å². The maximum Gasteiger partial charge on any atom is 0.363 e. The average Bonchev–Trinajstić information content (AvgIpc) is 2.95. The lowest BCUT2D eigenvalue weighted by Gasteiger charge is -2.14.